The van der Waals surface area contributed by atoms with Crippen LogP contribution in [0, 0.1) is 12.7 Å². The standard InChI is InChI=1S/C14H14ClFN2O/c1-8-4-11(14(17)18-7-8)13(19)5-9-2-3-10(16)6-12(9)15/h2-4,6-7,13,19H,5H2,1H3,(H2,17,18). The molecule has 0 fully saturated rings. The first kappa shape index (κ1) is 13.8. The van der Waals surface area contributed by atoms with Crippen molar-refractivity contribution < 1.29 is 9.50 Å². The van der Waals surface area contributed by atoms with Crippen molar-refractivity contribution in [2.75, 3.05) is 5.73 Å². The molecule has 1 aromatic carbocycles. The molecule has 0 spiro atoms. The van der Waals surface area contributed by atoms with Crippen molar-refractivity contribution in [2.24, 2.45) is 0 Å². The second kappa shape index (κ2) is 5.55. The van der Waals surface area contributed by atoms with Crippen LogP contribution >= 0.6 is 11.6 Å². The number of anilines is 1. The summed E-state index contributed by atoms with van der Waals surface area (Å²) in [5.41, 5.74) is 7.87. The number of nitrogens with zero attached hydrogens (tertiary/aromatic N) is 1. The van der Waals surface area contributed by atoms with Gasteiger partial charge >= 0.3 is 0 Å². The first-order valence-electron chi connectivity index (χ1n) is 5.81. The summed E-state index contributed by atoms with van der Waals surface area (Å²) in [7, 11) is 0. The number of rotatable bonds is 3. The van der Waals surface area contributed by atoms with E-state index in [1.807, 2.05) is 6.92 Å². The highest BCUT2D eigenvalue weighted by molar-refractivity contribution is 6.31. The van der Waals surface area contributed by atoms with Crippen LogP contribution in [0.1, 0.15) is 22.8 Å². The Kier molecular flexibility index (Phi) is 4.02. The van der Waals surface area contributed by atoms with E-state index in [2.05, 4.69) is 4.98 Å². The monoisotopic (exact) mass is 280 g/mol. The summed E-state index contributed by atoms with van der Waals surface area (Å²) in [6, 6.07) is 5.87. The van der Waals surface area contributed by atoms with E-state index in [4.69, 9.17) is 17.3 Å². The summed E-state index contributed by atoms with van der Waals surface area (Å²) < 4.78 is 12.9. The maximum Gasteiger partial charge on any atom is 0.129 e. The summed E-state index contributed by atoms with van der Waals surface area (Å²) in [5.74, 6) is -0.115. The van der Waals surface area contributed by atoms with Gasteiger partial charge in [-0.2, -0.15) is 0 Å². The van der Waals surface area contributed by atoms with Crippen molar-refractivity contribution in [1.29, 1.82) is 0 Å². The van der Waals surface area contributed by atoms with Gasteiger partial charge in [0.25, 0.3) is 0 Å². The average molecular weight is 281 g/mol. The van der Waals surface area contributed by atoms with E-state index >= 15 is 0 Å². The Bertz CT molecular complexity index is 604. The first-order valence-corrected chi connectivity index (χ1v) is 6.19. The van der Waals surface area contributed by atoms with Gasteiger partial charge in [0.15, 0.2) is 0 Å². The van der Waals surface area contributed by atoms with Gasteiger partial charge in [0.1, 0.15) is 11.6 Å². The van der Waals surface area contributed by atoms with Crippen molar-refractivity contribution in [3.05, 3.63) is 58.0 Å². The fourth-order valence-corrected chi connectivity index (χ4v) is 2.12. The molecule has 0 saturated heterocycles. The normalized spacial score (nSPS) is 12.4. The minimum Gasteiger partial charge on any atom is -0.388 e. The van der Waals surface area contributed by atoms with Gasteiger partial charge < -0.3 is 10.8 Å². The van der Waals surface area contributed by atoms with E-state index in [0.29, 0.717) is 16.1 Å². The van der Waals surface area contributed by atoms with Gasteiger partial charge in [-0.25, -0.2) is 9.37 Å². The van der Waals surface area contributed by atoms with Crippen LogP contribution in [0.4, 0.5) is 10.2 Å². The minimum atomic E-state index is -0.824. The molecule has 3 nitrogen and oxygen atoms in total. The van der Waals surface area contributed by atoms with E-state index in [1.165, 1.54) is 12.1 Å². The second-order valence-electron chi connectivity index (χ2n) is 4.44. The summed E-state index contributed by atoms with van der Waals surface area (Å²) >= 11 is 5.93. The van der Waals surface area contributed by atoms with Gasteiger partial charge in [-0.1, -0.05) is 17.7 Å². The lowest BCUT2D eigenvalue weighted by Crippen LogP contribution is -2.07. The van der Waals surface area contributed by atoms with E-state index in [9.17, 15) is 9.50 Å². The van der Waals surface area contributed by atoms with E-state index in [-0.39, 0.29) is 12.2 Å². The average Bonchev–Trinajstić information content (AvgIpc) is 2.35. The highest BCUT2D eigenvalue weighted by Crippen LogP contribution is 2.26. The Morgan fingerprint density at radius 2 is 2.16 bits per heavy atom. The van der Waals surface area contributed by atoms with Crippen molar-refractivity contribution in [3.8, 4) is 0 Å². The van der Waals surface area contributed by atoms with Crippen LogP contribution in [-0.2, 0) is 6.42 Å². The molecular formula is C14H14ClFN2O. The van der Waals surface area contributed by atoms with Crippen LogP contribution in [0.25, 0.3) is 0 Å². The Morgan fingerprint density at radius 3 is 2.84 bits per heavy atom. The van der Waals surface area contributed by atoms with Gasteiger partial charge in [0, 0.05) is 23.2 Å². The van der Waals surface area contributed by atoms with Crippen molar-refractivity contribution in [2.45, 2.75) is 19.4 Å². The minimum absolute atomic E-state index is 0.258. The molecule has 3 N–H and O–H groups in total. The summed E-state index contributed by atoms with van der Waals surface area (Å²) in [5, 5.41) is 10.5. The number of aryl methyl sites for hydroxylation is 1. The third-order valence-electron chi connectivity index (χ3n) is 2.87. The molecule has 0 aliphatic carbocycles. The van der Waals surface area contributed by atoms with Crippen LogP contribution in [0.5, 0.6) is 0 Å². The third-order valence-corrected chi connectivity index (χ3v) is 3.23. The zero-order valence-electron chi connectivity index (χ0n) is 10.4. The number of aliphatic hydroxyl groups excluding tert-OH is 1. The molecule has 2 aromatic rings. The zero-order valence-corrected chi connectivity index (χ0v) is 11.2. The molecule has 0 amide bonds. The van der Waals surface area contributed by atoms with Crippen LogP contribution < -0.4 is 5.73 Å². The lowest BCUT2D eigenvalue weighted by molar-refractivity contribution is 0.179. The van der Waals surface area contributed by atoms with Crippen LogP contribution in [0.2, 0.25) is 5.02 Å². The van der Waals surface area contributed by atoms with E-state index in [0.717, 1.165) is 5.56 Å². The lowest BCUT2D eigenvalue weighted by atomic mass is 10.0. The highest BCUT2D eigenvalue weighted by atomic mass is 35.5. The molecule has 0 aliphatic rings. The Labute approximate surface area is 115 Å². The molecule has 1 unspecified atom stereocenters. The van der Waals surface area contributed by atoms with Crippen molar-refractivity contribution in [3.63, 3.8) is 0 Å². The predicted octanol–water partition coefficient (Wildman–Crippen LogP) is 3.04. The van der Waals surface area contributed by atoms with Gasteiger partial charge in [-0.15, -0.1) is 0 Å². The maximum absolute atomic E-state index is 12.9. The number of halogens is 2. The molecule has 19 heavy (non-hydrogen) atoms. The molecule has 1 atom stereocenters. The zero-order chi connectivity index (χ0) is 14.0. The first-order chi connectivity index (χ1) is 8.97. The number of pyridine rings is 1. The number of aromatic nitrogens is 1. The maximum atomic E-state index is 12.9. The molecule has 0 saturated carbocycles. The molecule has 5 heteroatoms. The molecule has 0 aliphatic heterocycles. The molecular weight excluding hydrogens is 267 g/mol. The molecule has 0 bridgehead atoms. The van der Waals surface area contributed by atoms with Gasteiger partial charge in [0.2, 0.25) is 0 Å². The second-order valence-corrected chi connectivity index (χ2v) is 4.85. The molecule has 0 radical (unpaired) electrons. The van der Waals surface area contributed by atoms with E-state index < -0.39 is 11.9 Å². The molecule has 1 heterocycles. The van der Waals surface area contributed by atoms with Crippen LogP contribution in [-0.4, -0.2) is 10.1 Å². The molecule has 1 aromatic heterocycles. The largest absolute Gasteiger partial charge is 0.388 e. The highest BCUT2D eigenvalue weighted by Gasteiger charge is 2.15. The fraction of sp³-hybridized carbons (Fsp3) is 0.214. The fourth-order valence-electron chi connectivity index (χ4n) is 1.87. The number of aliphatic hydroxyl groups is 1. The van der Waals surface area contributed by atoms with Crippen molar-refractivity contribution in [1.82, 2.24) is 4.98 Å². The lowest BCUT2D eigenvalue weighted by Gasteiger charge is -2.14. The van der Waals surface area contributed by atoms with Crippen LogP contribution in [0.15, 0.2) is 30.5 Å². The van der Waals surface area contributed by atoms with Gasteiger partial charge in [-0.3, -0.25) is 0 Å². The molecule has 2 rings (SSSR count). The number of hydrogen-bond donors (Lipinski definition) is 2. The predicted molar refractivity (Wildman–Crippen MR) is 73.5 cm³/mol. The third kappa shape index (κ3) is 3.22. The number of nitrogens with two attached hydrogens (primary N) is 1. The Balaban J connectivity index is 2.25. The van der Waals surface area contributed by atoms with Gasteiger partial charge in [-0.05, 0) is 36.2 Å². The number of nitrogen functional groups attached to an aromatic ring is 1. The van der Waals surface area contributed by atoms with Crippen LogP contribution in [0.3, 0.4) is 0 Å². The number of benzene rings is 1. The Hall–Kier alpha value is -1.65. The van der Waals surface area contributed by atoms with E-state index in [1.54, 1.807) is 18.3 Å². The smallest absolute Gasteiger partial charge is 0.129 e. The Morgan fingerprint density at radius 1 is 1.42 bits per heavy atom. The quantitative estimate of drug-likeness (QED) is 0.908. The molecule has 100 valence electrons. The summed E-state index contributed by atoms with van der Waals surface area (Å²) in [4.78, 5) is 4.00. The SMILES string of the molecule is Cc1cnc(N)c(C(O)Cc2ccc(F)cc2Cl)c1. The summed E-state index contributed by atoms with van der Waals surface area (Å²) in [6.07, 6.45) is 1.07. The number of hydrogen-bond acceptors (Lipinski definition) is 3. The summed E-state index contributed by atoms with van der Waals surface area (Å²) in [6.45, 7) is 1.87. The van der Waals surface area contributed by atoms with Gasteiger partial charge in [0.05, 0.1) is 6.10 Å². The topological polar surface area (TPSA) is 59.1 Å². The van der Waals surface area contributed by atoms with Crippen molar-refractivity contribution >= 4 is 17.4 Å².